The molecule has 0 bridgehead atoms. The first-order chi connectivity index (χ1) is 15.3. The third-order valence-corrected chi connectivity index (χ3v) is 7.07. The van der Waals surface area contributed by atoms with Crippen LogP contribution in [0, 0.1) is 17.6 Å². The number of rotatable bonds is 8. The van der Waals surface area contributed by atoms with Gasteiger partial charge in [-0.15, -0.1) is 0 Å². The monoisotopic (exact) mass is 468 g/mol. The summed E-state index contributed by atoms with van der Waals surface area (Å²) < 4.78 is 65.0. The van der Waals surface area contributed by atoms with Crippen LogP contribution in [0.5, 0.6) is 11.5 Å². The summed E-state index contributed by atoms with van der Waals surface area (Å²) in [7, 11) is -4.20. The van der Waals surface area contributed by atoms with Crippen LogP contribution in [-0.4, -0.2) is 44.9 Å². The third-order valence-electron chi connectivity index (χ3n) is 5.16. The zero-order valence-electron chi connectivity index (χ0n) is 17.9. The van der Waals surface area contributed by atoms with E-state index in [9.17, 15) is 22.0 Å². The molecule has 1 fully saturated rings. The maximum atomic E-state index is 14.0. The number of anilines is 1. The number of nitrogens with one attached hydrogen (secondary N) is 1. The van der Waals surface area contributed by atoms with Gasteiger partial charge in [0.25, 0.3) is 0 Å². The lowest BCUT2D eigenvalue weighted by molar-refractivity contribution is -0.120. The zero-order valence-corrected chi connectivity index (χ0v) is 18.8. The van der Waals surface area contributed by atoms with Crippen molar-refractivity contribution in [2.75, 3.05) is 31.6 Å². The number of nitrogens with zero attached hydrogens (tertiary/aromatic N) is 1. The molecule has 0 spiro atoms. The Balaban J connectivity index is 1.68. The van der Waals surface area contributed by atoms with E-state index in [2.05, 4.69) is 5.32 Å². The summed E-state index contributed by atoms with van der Waals surface area (Å²) in [6.45, 7) is 4.62. The van der Waals surface area contributed by atoms with Crippen molar-refractivity contribution < 1.29 is 31.5 Å². The van der Waals surface area contributed by atoms with E-state index in [1.54, 1.807) is 18.2 Å². The fourth-order valence-electron chi connectivity index (χ4n) is 3.55. The summed E-state index contributed by atoms with van der Waals surface area (Å²) >= 11 is 0. The van der Waals surface area contributed by atoms with Crippen molar-refractivity contribution in [2.45, 2.75) is 31.6 Å². The highest BCUT2D eigenvalue weighted by Gasteiger charge is 2.34. The highest BCUT2D eigenvalue weighted by molar-refractivity contribution is 7.89. The molecule has 1 N–H and O–H groups in total. The van der Waals surface area contributed by atoms with Gasteiger partial charge in [-0.05, 0) is 57.0 Å². The molecule has 3 rings (SSSR count). The van der Waals surface area contributed by atoms with Gasteiger partial charge >= 0.3 is 0 Å². The average Bonchev–Trinajstić information content (AvgIpc) is 2.77. The van der Waals surface area contributed by atoms with Crippen molar-refractivity contribution in [2.24, 2.45) is 5.92 Å². The van der Waals surface area contributed by atoms with E-state index in [-0.39, 0.29) is 31.8 Å². The van der Waals surface area contributed by atoms with Crippen molar-refractivity contribution in [3.05, 3.63) is 48.0 Å². The summed E-state index contributed by atoms with van der Waals surface area (Å²) in [5.41, 5.74) is 0.472. The van der Waals surface area contributed by atoms with Crippen LogP contribution in [-0.2, 0) is 14.8 Å². The molecule has 0 saturated carbocycles. The summed E-state index contributed by atoms with van der Waals surface area (Å²) in [5.74, 6) is -1.46. The molecule has 1 heterocycles. The molecule has 1 aliphatic heterocycles. The molecule has 0 atom stereocenters. The quantitative estimate of drug-likeness (QED) is 0.637. The molecule has 0 unspecified atom stereocenters. The lowest BCUT2D eigenvalue weighted by atomic mass is 9.97. The van der Waals surface area contributed by atoms with Crippen LogP contribution in [0.25, 0.3) is 0 Å². The number of benzene rings is 2. The Hall–Kier alpha value is -2.72. The van der Waals surface area contributed by atoms with Crippen molar-refractivity contribution in [1.29, 1.82) is 0 Å². The fourth-order valence-corrected chi connectivity index (χ4v) is 5.10. The van der Waals surface area contributed by atoms with Crippen LogP contribution in [0.3, 0.4) is 0 Å². The molecule has 32 heavy (non-hydrogen) atoms. The van der Waals surface area contributed by atoms with Gasteiger partial charge in [-0.2, -0.15) is 4.31 Å². The van der Waals surface area contributed by atoms with Crippen LogP contribution in [0.1, 0.15) is 26.7 Å². The van der Waals surface area contributed by atoms with Crippen molar-refractivity contribution >= 4 is 21.6 Å². The lowest BCUT2D eigenvalue weighted by Crippen LogP contribution is -2.41. The molecular formula is C22H26F2N2O5S. The predicted molar refractivity (Wildman–Crippen MR) is 115 cm³/mol. The number of carbonyl (C=O) groups excluding carboxylic acids is 1. The van der Waals surface area contributed by atoms with E-state index in [1.165, 1.54) is 0 Å². The first-order valence-corrected chi connectivity index (χ1v) is 11.9. The number of ether oxygens (including phenoxy) is 2. The molecular weight excluding hydrogens is 442 g/mol. The van der Waals surface area contributed by atoms with Crippen LogP contribution < -0.4 is 14.8 Å². The second kappa shape index (κ2) is 10.3. The van der Waals surface area contributed by atoms with E-state index < -0.39 is 32.5 Å². The van der Waals surface area contributed by atoms with E-state index in [0.29, 0.717) is 36.5 Å². The maximum absolute atomic E-state index is 14.0. The molecule has 0 aromatic heterocycles. The largest absolute Gasteiger partial charge is 0.494 e. The molecule has 7 nitrogen and oxygen atoms in total. The minimum Gasteiger partial charge on any atom is -0.494 e. The second-order valence-corrected chi connectivity index (χ2v) is 9.17. The van der Waals surface area contributed by atoms with Gasteiger partial charge in [-0.1, -0.05) is 0 Å². The topological polar surface area (TPSA) is 84.9 Å². The first-order valence-electron chi connectivity index (χ1n) is 10.4. The average molecular weight is 469 g/mol. The number of sulfonamides is 1. The molecule has 1 saturated heterocycles. The lowest BCUT2D eigenvalue weighted by Gasteiger charge is -2.30. The van der Waals surface area contributed by atoms with Gasteiger partial charge in [-0.25, -0.2) is 17.2 Å². The van der Waals surface area contributed by atoms with E-state index in [0.717, 1.165) is 16.4 Å². The maximum Gasteiger partial charge on any atom is 0.246 e. The molecule has 2 aromatic rings. The Morgan fingerprint density at radius 3 is 2.41 bits per heavy atom. The van der Waals surface area contributed by atoms with E-state index in [1.807, 2.05) is 13.8 Å². The van der Waals surface area contributed by atoms with Gasteiger partial charge in [0, 0.05) is 25.1 Å². The second-order valence-electron chi connectivity index (χ2n) is 7.27. The van der Waals surface area contributed by atoms with Gasteiger partial charge in [0.15, 0.2) is 0 Å². The number of hydrogen-bond acceptors (Lipinski definition) is 5. The highest BCUT2D eigenvalue weighted by Crippen LogP contribution is 2.31. The standard InChI is InChI=1S/C22H26F2N2O5S/c1-3-30-17-6-8-20(31-4-2)19(14-17)25-22(27)15-9-11-26(12-10-15)32(28,29)21-13-16(23)5-7-18(21)24/h5-8,13-15H,3-4,9-12H2,1-2H3,(H,25,27). The van der Waals surface area contributed by atoms with E-state index in [4.69, 9.17) is 9.47 Å². The number of hydrogen-bond donors (Lipinski definition) is 1. The van der Waals surface area contributed by atoms with Gasteiger partial charge in [-0.3, -0.25) is 4.79 Å². The summed E-state index contributed by atoms with van der Waals surface area (Å²) in [4.78, 5) is 12.1. The van der Waals surface area contributed by atoms with Crippen LogP contribution >= 0.6 is 0 Å². The Bertz CT molecular complexity index is 1070. The molecule has 1 aliphatic rings. The Morgan fingerprint density at radius 2 is 1.75 bits per heavy atom. The van der Waals surface area contributed by atoms with Gasteiger partial charge in [0.1, 0.15) is 28.0 Å². The van der Waals surface area contributed by atoms with Crippen molar-refractivity contribution in [1.82, 2.24) is 4.31 Å². The predicted octanol–water partition coefficient (Wildman–Crippen LogP) is 3.80. The number of carbonyl (C=O) groups is 1. The van der Waals surface area contributed by atoms with Gasteiger partial charge in [0.05, 0.1) is 18.9 Å². The first kappa shape index (κ1) is 23.9. The minimum absolute atomic E-state index is 0.0215. The fraction of sp³-hybridized carbons (Fsp3) is 0.409. The van der Waals surface area contributed by atoms with Crippen LogP contribution in [0.4, 0.5) is 14.5 Å². The summed E-state index contributed by atoms with van der Waals surface area (Å²) in [6.07, 6.45) is 0.494. The SMILES string of the molecule is CCOc1ccc(OCC)c(NC(=O)C2CCN(S(=O)(=O)c3cc(F)ccc3F)CC2)c1. The Morgan fingerprint density at radius 1 is 1.06 bits per heavy atom. The summed E-state index contributed by atoms with van der Waals surface area (Å²) in [5, 5.41) is 2.84. The van der Waals surface area contributed by atoms with Crippen LogP contribution in [0.15, 0.2) is 41.3 Å². The number of amides is 1. The normalized spacial score (nSPS) is 15.4. The highest BCUT2D eigenvalue weighted by atomic mass is 32.2. The van der Waals surface area contributed by atoms with Gasteiger partial charge < -0.3 is 14.8 Å². The van der Waals surface area contributed by atoms with E-state index >= 15 is 0 Å². The Kier molecular flexibility index (Phi) is 7.68. The minimum atomic E-state index is -4.20. The number of piperidine rings is 1. The molecule has 0 radical (unpaired) electrons. The summed E-state index contributed by atoms with van der Waals surface area (Å²) in [6, 6.07) is 7.46. The molecule has 0 aliphatic carbocycles. The smallest absolute Gasteiger partial charge is 0.246 e. The third kappa shape index (κ3) is 5.36. The molecule has 2 aromatic carbocycles. The Labute approximate surface area is 186 Å². The van der Waals surface area contributed by atoms with Crippen LogP contribution in [0.2, 0.25) is 0 Å². The molecule has 174 valence electrons. The molecule has 10 heteroatoms. The van der Waals surface area contributed by atoms with Crippen molar-refractivity contribution in [3.63, 3.8) is 0 Å². The molecule has 1 amide bonds. The van der Waals surface area contributed by atoms with Gasteiger partial charge in [0.2, 0.25) is 15.9 Å². The zero-order chi connectivity index (χ0) is 23.3. The number of halogens is 2. The van der Waals surface area contributed by atoms with Crippen molar-refractivity contribution in [3.8, 4) is 11.5 Å².